The Morgan fingerprint density at radius 2 is 1.06 bits per heavy atom. The van der Waals surface area contributed by atoms with E-state index in [4.69, 9.17) is 9.72 Å². The fraction of sp³-hybridized carbons (Fsp3) is 0.271. The topological polar surface area (TPSA) is 33.5 Å². The standard InChI is InChI=1S/C59H62N4O/c1-56(2,3)43-31-32-60-53(36-43)63-51-28-19-18-27-49(51)50-30-29-47(38-52(50)63)64-48-34-41(40-21-14-12-15-22-40)33-46(37-48)62-39-61(54(57(4,5)6)55(62)58(7,8)9)45-26-20-25-44(35-45)59(10,11)42-23-16-13-17-24-42/h12-38H,39H2,1-11H3. The van der Waals surface area contributed by atoms with Crippen LogP contribution in [0, 0.1) is 10.8 Å². The highest BCUT2D eigenvalue weighted by molar-refractivity contribution is 6.09. The molecule has 0 radical (unpaired) electrons. The Morgan fingerprint density at radius 1 is 0.438 bits per heavy atom. The molecular formula is C59H62N4O. The van der Waals surface area contributed by atoms with E-state index in [0.29, 0.717) is 6.67 Å². The maximum absolute atomic E-state index is 7.05. The number of pyridine rings is 1. The molecule has 6 aromatic carbocycles. The number of allylic oxidation sites excluding steroid dienone is 2. The molecule has 324 valence electrons. The SMILES string of the molecule is CC(C)(C)C1=C(C(C)(C)C)N(c2cccc(C(C)(C)c3ccccc3)c2)CN1c1cc(Oc2ccc3c4ccccc4n(-c4cc(C(C)(C)C)ccn4)c3c2)cc(-c2ccccc2)c1. The summed E-state index contributed by atoms with van der Waals surface area (Å²) >= 11 is 0. The molecule has 0 saturated carbocycles. The fourth-order valence-corrected chi connectivity index (χ4v) is 9.56. The maximum atomic E-state index is 7.05. The molecule has 1 aliphatic rings. The summed E-state index contributed by atoms with van der Waals surface area (Å²) in [6.07, 6.45) is 1.93. The second-order valence-corrected chi connectivity index (χ2v) is 21.1. The van der Waals surface area contributed by atoms with Crippen LogP contribution in [0.25, 0.3) is 38.8 Å². The molecule has 0 spiro atoms. The maximum Gasteiger partial charge on any atom is 0.137 e. The lowest BCUT2D eigenvalue weighted by Crippen LogP contribution is -2.31. The fourth-order valence-electron chi connectivity index (χ4n) is 9.56. The Bertz CT molecular complexity index is 3030. The molecule has 0 fully saturated rings. The van der Waals surface area contributed by atoms with Crippen LogP contribution in [0.4, 0.5) is 11.4 Å². The number of anilines is 2. The zero-order chi connectivity index (χ0) is 45.2. The first-order chi connectivity index (χ1) is 30.4. The molecule has 0 amide bonds. The van der Waals surface area contributed by atoms with Crippen molar-refractivity contribution in [3.05, 3.63) is 192 Å². The van der Waals surface area contributed by atoms with E-state index in [0.717, 1.165) is 50.6 Å². The van der Waals surface area contributed by atoms with Crippen molar-refractivity contribution >= 4 is 33.2 Å². The number of aromatic nitrogens is 2. The summed E-state index contributed by atoms with van der Waals surface area (Å²) in [6.45, 7) is 26.1. The van der Waals surface area contributed by atoms with Gasteiger partial charge < -0.3 is 14.5 Å². The third-order valence-electron chi connectivity index (χ3n) is 12.9. The highest BCUT2D eigenvalue weighted by Gasteiger charge is 2.42. The molecule has 0 N–H and O–H groups in total. The number of fused-ring (bicyclic) bond motifs is 3. The van der Waals surface area contributed by atoms with Gasteiger partial charge in [0.2, 0.25) is 0 Å². The third-order valence-corrected chi connectivity index (χ3v) is 12.9. The molecule has 0 bridgehead atoms. The van der Waals surface area contributed by atoms with Crippen LogP contribution in [-0.2, 0) is 10.8 Å². The van der Waals surface area contributed by atoms with E-state index in [1.807, 2.05) is 6.20 Å². The Hall–Kier alpha value is -6.59. The van der Waals surface area contributed by atoms with Gasteiger partial charge in [-0.1, -0.05) is 167 Å². The molecule has 2 aromatic heterocycles. The van der Waals surface area contributed by atoms with Crippen LogP contribution >= 0.6 is 0 Å². The van der Waals surface area contributed by atoms with E-state index < -0.39 is 0 Å². The first-order valence-corrected chi connectivity index (χ1v) is 22.7. The second-order valence-electron chi connectivity index (χ2n) is 21.1. The lowest BCUT2D eigenvalue weighted by molar-refractivity contribution is 0.444. The van der Waals surface area contributed by atoms with E-state index in [-0.39, 0.29) is 21.7 Å². The summed E-state index contributed by atoms with van der Waals surface area (Å²) in [7, 11) is 0. The van der Waals surface area contributed by atoms with Gasteiger partial charge >= 0.3 is 0 Å². The molecule has 64 heavy (non-hydrogen) atoms. The van der Waals surface area contributed by atoms with Crippen molar-refractivity contribution in [1.82, 2.24) is 9.55 Å². The van der Waals surface area contributed by atoms with Crippen molar-refractivity contribution in [2.75, 3.05) is 16.5 Å². The Balaban J connectivity index is 1.17. The molecule has 9 rings (SSSR count). The highest BCUT2D eigenvalue weighted by atomic mass is 16.5. The Labute approximate surface area is 380 Å². The molecule has 1 aliphatic heterocycles. The molecule has 3 heterocycles. The van der Waals surface area contributed by atoms with E-state index in [2.05, 4.69) is 248 Å². The normalized spacial score (nSPS) is 14.0. The Kier molecular flexibility index (Phi) is 10.6. The number of hydrogen-bond donors (Lipinski definition) is 0. The van der Waals surface area contributed by atoms with Crippen molar-refractivity contribution in [3.63, 3.8) is 0 Å². The average Bonchev–Trinajstić information content (AvgIpc) is 3.85. The highest BCUT2D eigenvalue weighted by Crippen LogP contribution is 2.49. The lowest BCUT2D eigenvalue weighted by Gasteiger charge is -2.34. The monoisotopic (exact) mass is 842 g/mol. The predicted molar refractivity (Wildman–Crippen MR) is 270 cm³/mol. The molecule has 5 heteroatoms. The van der Waals surface area contributed by atoms with Gasteiger partial charge in [0.1, 0.15) is 17.3 Å². The summed E-state index contributed by atoms with van der Waals surface area (Å²) in [6, 6.07) is 56.9. The molecular weight excluding hydrogens is 781 g/mol. The molecule has 8 aromatic rings. The smallest absolute Gasteiger partial charge is 0.137 e. The van der Waals surface area contributed by atoms with Crippen molar-refractivity contribution in [1.29, 1.82) is 0 Å². The number of para-hydroxylation sites is 1. The van der Waals surface area contributed by atoms with E-state index in [1.165, 1.54) is 39.2 Å². The van der Waals surface area contributed by atoms with Crippen molar-refractivity contribution in [2.24, 2.45) is 10.8 Å². The summed E-state index contributed by atoms with van der Waals surface area (Å²) < 4.78 is 9.32. The minimum atomic E-state index is -0.182. The molecule has 0 unspecified atom stereocenters. The van der Waals surface area contributed by atoms with Gasteiger partial charge in [0.25, 0.3) is 0 Å². The number of benzene rings is 6. The van der Waals surface area contributed by atoms with Crippen LogP contribution in [0.2, 0.25) is 0 Å². The van der Waals surface area contributed by atoms with E-state index in [9.17, 15) is 0 Å². The van der Waals surface area contributed by atoms with Crippen molar-refractivity contribution in [2.45, 2.75) is 87.0 Å². The quantitative estimate of drug-likeness (QED) is 0.153. The molecule has 0 aliphatic carbocycles. The van der Waals surface area contributed by atoms with Crippen LogP contribution in [0.15, 0.2) is 175 Å². The van der Waals surface area contributed by atoms with E-state index in [1.54, 1.807) is 0 Å². The molecule has 0 atom stereocenters. The average molecular weight is 843 g/mol. The number of rotatable bonds is 8. The largest absolute Gasteiger partial charge is 0.457 e. The number of hydrogen-bond acceptors (Lipinski definition) is 4. The second kappa shape index (κ2) is 15.9. The van der Waals surface area contributed by atoms with Gasteiger partial charge in [-0.3, -0.25) is 4.57 Å². The van der Waals surface area contributed by atoms with Gasteiger partial charge in [0.05, 0.1) is 17.7 Å². The number of ether oxygens (including phenoxy) is 1. The molecule has 5 nitrogen and oxygen atoms in total. The summed E-state index contributed by atoms with van der Waals surface area (Å²) in [5.41, 5.74) is 12.6. The third kappa shape index (κ3) is 7.98. The summed E-state index contributed by atoms with van der Waals surface area (Å²) in [4.78, 5) is 10.0. The zero-order valence-electron chi connectivity index (χ0n) is 39.5. The first kappa shape index (κ1) is 42.7. The minimum Gasteiger partial charge on any atom is -0.457 e. The minimum absolute atomic E-state index is 0.0163. The van der Waals surface area contributed by atoms with Gasteiger partial charge in [0.15, 0.2) is 0 Å². The van der Waals surface area contributed by atoms with Gasteiger partial charge in [0, 0.05) is 68.1 Å². The first-order valence-electron chi connectivity index (χ1n) is 22.7. The predicted octanol–water partition coefficient (Wildman–Crippen LogP) is 15.8. The zero-order valence-corrected chi connectivity index (χ0v) is 39.5. The van der Waals surface area contributed by atoms with Crippen LogP contribution in [-0.4, -0.2) is 16.2 Å². The van der Waals surface area contributed by atoms with Gasteiger partial charge in [-0.05, 0) is 87.8 Å². The lowest BCUT2D eigenvalue weighted by atomic mass is 9.78. The van der Waals surface area contributed by atoms with Gasteiger partial charge in [-0.25, -0.2) is 4.98 Å². The van der Waals surface area contributed by atoms with Crippen LogP contribution in [0.3, 0.4) is 0 Å². The van der Waals surface area contributed by atoms with Crippen molar-refractivity contribution in [3.8, 4) is 28.4 Å². The van der Waals surface area contributed by atoms with Crippen LogP contribution < -0.4 is 14.5 Å². The number of nitrogens with zero attached hydrogens (tertiary/aromatic N) is 4. The van der Waals surface area contributed by atoms with E-state index >= 15 is 0 Å². The van der Waals surface area contributed by atoms with Gasteiger partial charge in [-0.2, -0.15) is 0 Å². The van der Waals surface area contributed by atoms with Crippen molar-refractivity contribution < 1.29 is 4.74 Å². The molecule has 0 saturated heterocycles. The van der Waals surface area contributed by atoms with Crippen LogP contribution in [0.1, 0.15) is 92.9 Å². The summed E-state index contributed by atoms with van der Waals surface area (Å²) in [5.74, 6) is 2.44. The van der Waals surface area contributed by atoms with Gasteiger partial charge in [-0.15, -0.1) is 0 Å². The van der Waals surface area contributed by atoms with Crippen LogP contribution in [0.5, 0.6) is 11.5 Å². The summed E-state index contributed by atoms with van der Waals surface area (Å²) in [5, 5.41) is 2.34. The Morgan fingerprint density at radius 3 is 1.75 bits per heavy atom.